The number of para-hydroxylation sites is 1. The molecule has 0 radical (unpaired) electrons. The molecule has 1 N–H and O–H groups in total. The zero-order valence-electron chi connectivity index (χ0n) is 13.7. The summed E-state index contributed by atoms with van der Waals surface area (Å²) >= 11 is 0. The molecule has 1 aliphatic heterocycles. The van der Waals surface area contributed by atoms with Crippen LogP contribution in [0.3, 0.4) is 0 Å². The second-order valence-electron chi connectivity index (χ2n) is 4.85. The molecule has 1 aliphatic rings. The van der Waals surface area contributed by atoms with E-state index in [4.69, 9.17) is 9.47 Å². The van der Waals surface area contributed by atoms with Crippen molar-refractivity contribution in [2.45, 2.75) is 19.8 Å². The first-order valence-electron chi connectivity index (χ1n) is 7.48. The summed E-state index contributed by atoms with van der Waals surface area (Å²) in [4.78, 5) is 11.2. The van der Waals surface area contributed by atoms with Gasteiger partial charge in [0.2, 0.25) is 0 Å². The van der Waals surface area contributed by atoms with Crippen LogP contribution in [0.4, 0.5) is 4.79 Å². The molecule has 1 aromatic rings. The Bertz CT molecular complexity index is 710. The number of amidine groups is 1. The van der Waals surface area contributed by atoms with Crippen LogP contribution in [-0.2, 0) is 0 Å². The van der Waals surface area contributed by atoms with E-state index in [1.165, 1.54) is 6.21 Å². The van der Waals surface area contributed by atoms with Gasteiger partial charge in [-0.2, -0.15) is 5.10 Å². The minimum atomic E-state index is -0.610. The van der Waals surface area contributed by atoms with Crippen molar-refractivity contribution in [2.24, 2.45) is 20.4 Å². The fraction of sp³-hybridized carbons (Fsp3) is 0.312. The van der Waals surface area contributed by atoms with Crippen LogP contribution in [0.15, 0.2) is 50.9 Å². The number of urea groups is 1. The van der Waals surface area contributed by atoms with Gasteiger partial charge >= 0.3 is 6.03 Å². The van der Waals surface area contributed by atoms with E-state index in [0.717, 1.165) is 12.8 Å². The van der Waals surface area contributed by atoms with Crippen molar-refractivity contribution in [3.8, 4) is 11.5 Å². The normalized spacial score (nSPS) is 15.8. The summed E-state index contributed by atoms with van der Waals surface area (Å²) < 4.78 is 11.1. The number of benzene rings is 1. The zero-order valence-corrected chi connectivity index (χ0v) is 13.7. The van der Waals surface area contributed by atoms with Crippen molar-refractivity contribution in [1.29, 1.82) is 0 Å². The third-order valence-corrected chi connectivity index (χ3v) is 3.09. The van der Waals surface area contributed by atoms with Gasteiger partial charge in [0, 0.05) is 5.56 Å². The summed E-state index contributed by atoms with van der Waals surface area (Å²) in [5.74, 6) is 1.37. The third-order valence-electron chi connectivity index (χ3n) is 3.09. The minimum Gasteiger partial charge on any atom is -0.493 e. The largest absolute Gasteiger partial charge is 0.493 e. The predicted octanol–water partition coefficient (Wildman–Crippen LogP) is 3.30. The Balaban J connectivity index is 2.20. The van der Waals surface area contributed by atoms with Crippen molar-refractivity contribution in [1.82, 2.24) is 5.32 Å². The molecule has 2 amide bonds. The molecule has 0 aliphatic carbocycles. The fourth-order valence-corrected chi connectivity index (χ4v) is 1.85. The molecule has 0 saturated heterocycles. The standard InChI is InChI=1S/C16H19N5O3/c1-4-5-9-24-14-12(7-6-8-13(14)23-3)10-17-20-15-11(2)19-21-16(22)18-15/h6-8,10H,2,4-5,9H2,1,3H3,(H,18,20,22)/b17-10+. The van der Waals surface area contributed by atoms with Gasteiger partial charge in [0.05, 0.1) is 19.9 Å². The maximum absolute atomic E-state index is 11.2. The summed E-state index contributed by atoms with van der Waals surface area (Å²) in [5, 5.41) is 17.2. The lowest BCUT2D eigenvalue weighted by Crippen LogP contribution is -2.31. The number of hydrogen-bond acceptors (Lipinski definition) is 6. The van der Waals surface area contributed by atoms with Crippen molar-refractivity contribution >= 4 is 18.1 Å². The van der Waals surface area contributed by atoms with E-state index >= 15 is 0 Å². The van der Waals surface area contributed by atoms with Gasteiger partial charge in [-0.25, -0.2) is 4.79 Å². The van der Waals surface area contributed by atoms with E-state index in [1.807, 2.05) is 18.2 Å². The number of azo groups is 1. The van der Waals surface area contributed by atoms with Crippen LogP contribution in [0.5, 0.6) is 11.5 Å². The van der Waals surface area contributed by atoms with Crippen LogP contribution < -0.4 is 14.8 Å². The predicted molar refractivity (Wildman–Crippen MR) is 91.0 cm³/mol. The Kier molecular flexibility index (Phi) is 6.18. The molecular weight excluding hydrogens is 310 g/mol. The number of hydrogen-bond donors (Lipinski definition) is 1. The lowest BCUT2D eigenvalue weighted by atomic mass is 10.2. The first-order chi connectivity index (χ1) is 11.7. The average Bonchev–Trinajstić information content (AvgIpc) is 2.59. The average molecular weight is 329 g/mol. The number of amides is 2. The number of methoxy groups -OCH3 is 1. The van der Waals surface area contributed by atoms with Gasteiger partial charge in [-0.05, 0) is 18.6 Å². The SMILES string of the molecule is C=C1N=NC(=O)N/C1=N\N=C\c1cccc(OC)c1OCCCC. The van der Waals surface area contributed by atoms with Gasteiger partial charge < -0.3 is 9.47 Å². The van der Waals surface area contributed by atoms with E-state index in [9.17, 15) is 4.79 Å². The summed E-state index contributed by atoms with van der Waals surface area (Å²) in [6.07, 6.45) is 3.48. The molecule has 0 aromatic heterocycles. The van der Waals surface area contributed by atoms with Gasteiger partial charge in [-0.3, -0.25) is 5.32 Å². The lowest BCUT2D eigenvalue weighted by Gasteiger charge is -2.12. The molecule has 8 nitrogen and oxygen atoms in total. The second kappa shape index (κ2) is 8.56. The van der Waals surface area contributed by atoms with Gasteiger partial charge in [-0.15, -0.1) is 10.2 Å². The van der Waals surface area contributed by atoms with Gasteiger partial charge in [-0.1, -0.05) is 31.1 Å². The van der Waals surface area contributed by atoms with Crippen LogP contribution in [-0.4, -0.2) is 31.8 Å². The molecule has 0 unspecified atom stereocenters. The highest BCUT2D eigenvalue weighted by Crippen LogP contribution is 2.30. The number of carbonyl (C=O) groups excluding carboxylic acids is 1. The number of ether oxygens (including phenoxy) is 2. The molecule has 24 heavy (non-hydrogen) atoms. The molecule has 0 atom stereocenters. The number of nitrogens with one attached hydrogen (secondary N) is 1. The van der Waals surface area contributed by atoms with Gasteiger partial charge in [0.25, 0.3) is 0 Å². The molecule has 8 heteroatoms. The van der Waals surface area contributed by atoms with Gasteiger partial charge in [0.15, 0.2) is 17.3 Å². The topological polar surface area (TPSA) is 97.0 Å². The Morgan fingerprint density at radius 3 is 2.96 bits per heavy atom. The summed E-state index contributed by atoms with van der Waals surface area (Å²) in [7, 11) is 1.58. The number of carbonyl (C=O) groups is 1. The molecular formula is C16H19N5O3. The third kappa shape index (κ3) is 4.48. The summed E-state index contributed by atoms with van der Waals surface area (Å²) in [6.45, 7) is 6.30. The molecule has 2 rings (SSSR count). The molecule has 0 saturated carbocycles. The Morgan fingerprint density at radius 1 is 1.38 bits per heavy atom. The van der Waals surface area contributed by atoms with E-state index < -0.39 is 6.03 Å². The zero-order chi connectivity index (χ0) is 17.4. The van der Waals surface area contributed by atoms with E-state index in [-0.39, 0.29) is 11.5 Å². The molecule has 0 bridgehead atoms. The Labute approximate surface area is 140 Å². The molecule has 0 fully saturated rings. The smallest absolute Gasteiger partial charge is 0.365 e. The van der Waals surface area contributed by atoms with Crippen molar-refractivity contribution in [3.63, 3.8) is 0 Å². The van der Waals surface area contributed by atoms with Crippen LogP contribution in [0.1, 0.15) is 25.3 Å². The number of rotatable bonds is 7. The maximum Gasteiger partial charge on any atom is 0.365 e. The highest BCUT2D eigenvalue weighted by atomic mass is 16.5. The van der Waals surface area contributed by atoms with Crippen molar-refractivity contribution < 1.29 is 14.3 Å². The number of unbranched alkanes of at least 4 members (excludes halogenated alkanes) is 1. The van der Waals surface area contributed by atoms with E-state index in [0.29, 0.717) is 23.7 Å². The van der Waals surface area contributed by atoms with Crippen molar-refractivity contribution in [2.75, 3.05) is 13.7 Å². The number of nitrogens with zero attached hydrogens (tertiary/aromatic N) is 4. The summed E-state index contributed by atoms with van der Waals surface area (Å²) in [6, 6.07) is 4.87. The first kappa shape index (κ1) is 17.3. The first-order valence-corrected chi connectivity index (χ1v) is 7.48. The molecule has 126 valence electrons. The van der Waals surface area contributed by atoms with Crippen LogP contribution >= 0.6 is 0 Å². The lowest BCUT2D eigenvalue weighted by molar-refractivity contribution is 0.251. The highest BCUT2D eigenvalue weighted by Gasteiger charge is 2.14. The highest BCUT2D eigenvalue weighted by molar-refractivity contribution is 6.08. The van der Waals surface area contributed by atoms with Crippen molar-refractivity contribution in [3.05, 3.63) is 36.0 Å². The van der Waals surface area contributed by atoms with E-state index in [2.05, 4.69) is 39.3 Å². The maximum atomic E-state index is 11.2. The summed E-state index contributed by atoms with van der Waals surface area (Å²) in [5.41, 5.74) is 0.945. The molecule has 0 spiro atoms. The van der Waals surface area contributed by atoms with Crippen LogP contribution in [0.25, 0.3) is 0 Å². The van der Waals surface area contributed by atoms with E-state index in [1.54, 1.807) is 7.11 Å². The Hall–Kier alpha value is -3.03. The van der Waals surface area contributed by atoms with Crippen LogP contribution in [0.2, 0.25) is 0 Å². The quantitative estimate of drug-likeness (QED) is 0.472. The Morgan fingerprint density at radius 2 is 2.21 bits per heavy atom. The fourth-order valence-electron chi connectivity index (χ4n) is 1.85. The monoisotopic (exact) mass is 329 g/mol. The molecule has 1 heterocycles. The minimum absolute atomic E-state index is 0.155. The molecule has 1 aromatic carbocycles. The second-order valence-corrected chi connectivity index (χ2v) is 4.85. The van der Waals surface area contributed by atoms with Gasteiger partial charge in [0.1, 0.15) is 5.70 Å². The van der Waals surface area contributed by atoms with Crippen LogP contribution in [0, 0.1) is 0 Å².